The van der Waals surface area contributed by atoms with Crippen molar-refractivity contribution in [1.29, 1.82) is 0 Å². The van der Waals surface area contributed by atoms with Gasteiger partial charge in [0.05, 0.1) is 0 Å². The number of hydrogen-bond acceptors (Lipinski definition) is 1. The van der Waals surface area contributed by atoms with Gasteiger partial charge in [-0.15, -0.1) is 0 Å². The summed E-state index contributed by atoms with van der Waals surface area (Å²) >= 11 is 0. The van der Waals surface area contributed by atoms with Crippen molar-refractivity contribution in [1.82, 2.24) is 0 Å². The Balaban J connectivity index is 1.83. The minimum absolute atomic E-state index is 0.0590. The summed E-state index contributed by atoms with van der Waals surface area (Å²) in [5.74, 6) is 0. The third-order valence-corrected chi connectivity index (χ3v) is 5.10. The lowest BCUT2D eigenvalue weighted by Crippen LogP contribution is -2.36. The maximum absolute atomic E-state index is 6.83. The van der Waals surface area contributed by atoms with E-state index in [0.29, 0.717) is 0 Å². The van der Waals surface area contributed by atoms with E-state index >= 15 is 0 Å². The van der Waals surface area contributed by atoms with Gasteiger partial charge in [0, 0.05) is 5.54 Å². The number of unbranched alkanes of at least 4 members (excludes halogenated alkanes) is 6. The first kappa shape index (κ1) is 16.5. The van der Waals surface area contributed by atoms with Crippen LogP contribution < -0.4 is 5.73 Å². The molecule has 1 heteroatoms. The summed E-state index contributed by atoms with van der Waals surface area (Å²) in [7, 11) is 0. The Morgan fingerprint density at radius 2 is 1.67 bits per heavy atom. The van der Waals surface area contributed by atoms with Gasteiger partial charge in [0.1, 0.15) is 0 Å². The Bertz CT molecular complexity index is 412. The van der Waals surface area contributed by atoms with Crippen molar-refractivity contribution in [3.8, 4) is 0 Å². The molecule has 1 unspecified atom stereocenters. The predicted octanol–water partition coefficient (Wildman–Crippen LogP) is 5.71. The number of fused-ring (bicyclic) bond motifs is 1. The van der Waals surface area contributed by atoms with Crippen molar-refractivity contribution in [2.45, 2.75) is 89.5 Å². The molecule has 0 aliphatic heterocycles. The normalized spacial score (nSPS) is 21.8. The van der Waals surface area contributed by atoms with Crippen LogP contribution in [0.3, 0.4) is 0 Å². The van der Waals surface area contributed by atoms with Crippen LogP contribution in [0.4, 0.5) is 0 Å². The minimum Gasteiger partial charge on any atom is -0.321 e. The fourth-order valence-corrected chi connectivity index (χ4v) is 3.77. The molecule has 0 fully saturated rings. The molecule has 21 heavy (non-hydrogen) atoms. The second-order valence-electron chi connectivity index (χ2n) is 6.89. The van der Waals surface area contributed by atoms with Crippen LogP contribution in [-0.4, -0.2) is 0 Å². The van der Waals surface area contributed by atoms with Crippen LogP contribution in [0, 0.1) is 0 Å². The first-order chi connectivity index (χ1) is 10.3. The van der Waals surface area contributed by atoms with Crippen molar-refractivity contribution < 1.29 is 0 Å². The Kier molecular flexibility index (Phi) is 6.76. The quantitative estimate of drug-likeness (QED) is 0.481. The van der Waals surface area contributed by atoms with Crippen molar-refractivity contribution in [3.05, 3.63) is 35.4 Å². The lowest BCUT2D eigenvalue weighted by molar-refractivity contribution is 0.354. The molecular weight excluding hydrogens is 254 g/mol. The Morgan fingerprint density at radius 1 is 0.952 bits per heavy atom. The molecule has 1 aromatic carbocycles. The number of nitrogens with two attached hydrogens (primary N) is 1. The molecule has 1 atom stereocenters. The third-order valence-electron chi connectivity index (χ3n) is 5.10. The highest BCUT2D eigenvalue weighted by atomic mass is 14.7. The van der Waals surface area contributed by atoms with Crippen LogP contribution in [0.15, 0.2) is 24.3 Å². The fraction of sp³-hybridized carbons (Fsp3) is 0.700. The Morgan fingerprint density at radius 3 is 2.48 bits per heavy atom. The van der Waals surface area contributed by atoms with Crippen molar-refractivity contribution in [2.24, 2.45) is 5.73 Å². The first-order valence-electron chi connectivity index (χ1n) is 9.13. The van der Waals surface area contributed by atoms with Crippen LogP contribution in [0.1, 0.15) is 88.7 Å². The molecule has 2 rings (SSSR count). The number of aryl methyl sites for hydroxylation is 1. The molecule has 118 valence electrons. The molecule has 0 saturated heterocycles. The summed E-state index contributed by atoms with van der Waals surface area (Å²) in [5, 5.41) is 0. The van der Waals surface area contributed by atoms with Gasteiger partial charge < -0.3 is 5.73 Å². The first-order valence-corrected chi connectivity index (χ1v) is 9.13. The van der Waals surface area contributed by atoms with Gasteiger partial charge in [-0.2, -0.15) is 0 Å². The molecule has 0 bridgehead atoms. The SMILES string of the molecule is CCCCCCCCCC1(N)CCCCc2ccccc21. The molecule has 0 aromatic heterocycles. The zero-order chi connectivity index (χ0) is 15.0. The molecule has 0 heterocycles. The average Bonchev–Trinajstić information content (AvgIpc) is 2.67. The lowest BCUT2D eigenvalue weighted by Gasteiger charge is -2.30. The number of hydrogen-bond donors (Lipinski definition) is 1. The van der Waals surface area contributed by atoms with Gasteiger partial charge in [-0.05, 0) is 36.8 Å². The van der Waals surface area contributed by atoms with E-state index in [1.165, 1.54) is 81.8 Å². The van der Waals surface area contributed by atoms with E-state index in [-0.39, 0.29) is 5.54 Å². The highest BCUT2D eigenvalue weighted by molar-refractivity contribution is 5.34. The topological polar surface area (TPSA) is 26.0 Å². The Labute approximate surface area is 131 Å². The second kappa shape index (κ2) is 8.58. The summed E-state index contributed by atoms with van der Waals surface area (Å²) in [4.78, 5) is 0. The molecule has 0 saturated carbocycles. The van der Waals surface area contributed by atoms with E-state index in [9.17, 15) is 0 Å². The minimum atomic E-state index is -0.0590. The molecule has 0 spiro atoms. The summed E-state index contributed by atoms with van der Waals surface area (Å²) in [6, 6.07) is 8.89. The lowest BCUT2D eigenvalue weighted by atomic mass is 9.81. The van der Waals surface area contributed by atoms with Crippen LogP contribution in [-0.2, 0) is 12.0 Å². The largest absolute Gasteiger partial charge is 0.321 e. The fourth-order valence-electron chi connectivity index (χ4n) is 3.77. The number of benzene rings is 1. The van der Waals surface area contributed by atoms with E-state index in [1.54, 1.807) is 0 Å². The van der Waals surface area contributed by atoms with E-state index in [2.05, 4.69) is 31.2 Å². The molecule has 1 nitrogen and oxygen atoms in total. The monoisotopic (exact) mass is 287 g/mol. The van der Waals surface area contributed by atoms with E-state index in [0.717, 1.165) is 6.42 Å². The zero-order valence-electron chi connectivity index (χ0n) is 13.9. The van der Waals surface area contributed by atoms with Crippen LogP contribution in [0.2, 0.25) is 0 Å². The zero-order valence-corrected chi connectivity index (χ0v) is 13.9. The van der Waals surface area contributed by atoms with Gasteiger partial charge in [-0.3, -0.25) is 0 Å². The van der Waals surface area contributed by atoms with Gasteiger partial charge in [0.2, 0.25) is 0 Å². The number of rotatable bonds is 8. The maximum Gasteiger partial charge on any atom is 0.0412 e. The molecule has 0 radical (unpaired) electrons. The van der Waals surface area contributed by atoms with Gasteiger partial charge in [-0.25, -0.2) is 0 Å². The van der Waals surface area contributed by atoms with Crippen LogP contribution in [0.5, 0.6) is 0 Å². The van der Waals surface area contributed by atoms with Gasteiger partial charge in [0.25, 0.3) is 0 Å². The van der Waals surface area contributed by atoms with Gasteiger partial charge in [-0.1, -0.05) is 82.6 Å². The molecule has 1 aromatic rings. The molecule has 1 aliphatic rings. The van der Waals surface area contributed by atoms with E-state index < -0.39 is 0 Å². The summed E-state index contributed by atoms with van der Waals surface area (Å²) < 4.78 is 0. The average molecular weight is 287 g/mol. The van der Waals surface area contributed by atoms with Crippen molar-refractivity contribution in [3.63, 3.8) is 0 Å². The molecular formula is C20H33N. The molecule has 2 N–H and O–H groups in total. The van der Waals surface area contributed by atoms with E-state index in [4.69, 9.17) is 5.73 Å². The maximum atomic E-state index is 6.83. The van der Waals surface area contributed by atoms with Crippen molar-refractivity contribution >= 4 is 0 Å². The summed E-state index contributed by atoms with van der Waals surface area (Å²) in [6.07, 6.45) is 15.7. The van der Waals surface area contributed by atoms with Crippen LogP contribution >= 0.6 is 0 Å². The standard InChI is InChI=1S/C20H33N/c1-2-3-4-5-6-7-11-16-20(21)17-12-10-14-18-13-8-9-15-19(18)20/h8-9,13,15H,2-7,10-12,14,16-17,21H2,1H3. The van der Waals surface area contributed by atoms with Crippen molar-refractivity contribution in [2.75, 3.05) is 0 Å². The van der Waals surface area contributed by atoms with Crippen LogP contribution in [0.25, 0.3) is 0 Å². The predicted molar refractivity (Wildman–Crippen MR) is 92.5 cm³/mol. The molecule has 0 amide bonds. The van der Waals surface area contributed by atoms with Gasteiger partial charge >= 0.3 is 0 Å². The summed E-state index contributed by atoms with van der Waals surface area (Å²) in [6.45, 7) is 2.28. The molecule has 1 aliphatic carbocycles. The highest BCUT2D eigenvalue weighted by Crippen LogP contribution is 2.36. The van der Waals surface area contributed by atoms with Gasteiger partial charge in [0.15, 0.2) is 0 Å². The highest BCUT2D eigenvalue weighted by Gasteiger charge is 2.30. The third kappa shape index (κ3) is 4.85. The van der Waals surface area contributed by atoms with E-state index in [1.807, 2.05) is 0 Å². The Hall–Kier alpha value is -0.820. The summed E-state index contributed by atoms with van der Waals surface area (Å²) in [5.41, 5.74) is 9.71. The second-order valence-corrected chi connectivity index (χ2v) is 6.89. The smallest absolute Gasteiger partial charge is 0.0412 e.